The normalized spacial score (nSPS) is 20.6. The lowest BCUT2D eigenvalue weighted by Gasteiger charge is -2.32. The Balaban J connectivity index is 1.21. The van der Waals surface area contributed by atoms with Crippen molar-refractivity contribution in [2.45, 2.75) is 51.2 Å². The van der Waals surface area contributed by atoms with E-state index in [0.29, 0.717) is 44.8 Å². The Hall–Kier alpha value is -3.81. The Morgan fingerprint density at radius 2 is 1.65 bits per heavy atom. The quantitative estimate of drug-likeness (QED) is 0.531. The first-order valence-electron chi connectivity index (χ1n) is 13.2. The van der Waals surface area contributed by atoms with Gasteiger partial charge in [0.15, 0.2) is 0 Å². The fourth-order valence-electron chi connectivity index (χ4n) is 5.56. The number of aromatic amines is 1. The maximum absolute atomic E-state index is 13.3. The van der Waals surface area contributed by atoms with Gasteiger partial charge in [-0.25, -0.2) is 9.59 Å². The van der Waals surface area contributed by atoms with Gasteiger partial charge < -0.3 is 20.1 Å². The van der Waals surface area contributed by atoms with Crippen molar-refractivity contribution in [2.75, 3.05) is 19.6 Å². The number of nitrogens with one attached hydrogen (secondary N) is 2. The molecule has 3 heterocycles. The monoisotopic (exact) mass is 501 g/mol. The number of rotatable bonds is 6. The SMILES string of the molecule is CC(C)CN1C(=O)[C@@H](NC(=O)N2CCC(n3cc(-c4ccccc4)[nH]c3=O)CC2)C[C@H]1c1ccccc1. The maximum Gasteiger partial charge on any atom is 0.326 e. The predicted octanol–water partition coefficient (Wildman–Crippen LogP) is 4.19. The van der Waals surface area contributed by atoms with Gasteiger partial charge in [-0.15, -0.1) is 0 Å². The molecule has 8 nitrogen and oxygen atoms in total. The van der Waals surface area contributed by atoms with Crippen molar-refractivity contribution >= 4 is 11.9 Å². The number of hydrogen-bond donors (Lipinski definition) is 2. The van der Waals surface area contributed by atoms with Gasteiger partial charge in [-0.1, -0.05) is 74.5 Å². The lowest BCUT2D eigenvalue weighted by Crippen LogP contribution is -2.50. The van der Waals surface area contributed by atoms with Gasteiger partial charge in [-0.05, 0) is 29.9 Å². The molecular weight excluding hydrogens is 466 g/mol. The Morgan fingerprint density at radius 1 is 1.00 bits per heavy atom. The third kappa shape index (κ3) is 5.33. The maximum atomic E-state index is 13.3. The largest absolute Gasteiger partial charge is 0.334 e. The molecule has 37 heavy (non-hydrogen) atoms. The Morgan fingerprint density at radius 3 is 2.30 bits per heavy atom. The molecule has 3 aromatic rings. The summed E-state index contributed by atoms with van der Waals surface area (Å²) in [6.07, 6.45) is 3.81. The molecule has 0 bridgehead atoms. The fraction of sp³-hybridized carbons (Fsp3) is 0.414. The molecule has 1 aromatic heterocycles. The number of carbonyl (C=O) groups is 2. The first kappa shape index (κ1) is 24.9. The first-order chi connectivity index (χ1) is 17.9. The second-order valence-corrected chi connectivity index (χ2v) is 10.5. The summed E-state index contributed by atoms with van der Waals surface area (Å²) < 4.78 is 1.76. The third-order valence-electron chi connectivity index (χ3n) is 7.43. The van der Waals surface area contributed by atoms with E-state index in [0.717, 1.165) is 16.8 Å². The summed E-state index contributed by atoms with van der Waals surface area (Å²) in [4.78, 5) is 45.7. The van der Waals surface area contributed by atoms with Crippen LogP contribution < -0.4 is 11.0 Å². The van der Waals surface area contributed by atoms with E-state index in [1.807, 2.05) is 71.8 Å². The lowest BCUT2D eigenvalue weighted by atomic mass is 10.0. The number of aromatic nitrogens is 2. The van der Waals surface area contributed by atoms with Crippen LogP contribution in [0.3, 0.4) is 0 Å². The molecule has 2 fully saturated rings. The van der Waals surface area contributed by atoms with E-state index in [4.69, 9.17) is 0 Å². The fourth-order valence-corrected chi connectivity index (χ4v) is 5.56. The smallest absolute Gasteiger partial charge is 0.326 e. The number of likely N-dealkylation sites (tertiary alicyclic amines) is 2. The van der Waals surface area contributed by atoms with Gasteiger partial charge >= 0.3 is 11.7 Å². The minimum absolute atomic E-state index is 0.0156. The van der Waals surface area contributed by atoms with Crippen molar-refractivity contribution in [3.8, 4) is 11.3 Å². The summed E-state index contributed by atoms with van der Waals surface area (Å²) in [5.74, 6) is 0.320. The molecule has 0 spiro atoms. The van der Waals surface area contributed by atoms with E-state index in [-0.39, 0.29) is 29.7 Å². The van der Waals surface area contributed by atoms with E-state index in [9.17, 15) is 14.4 Å². The molecule has 8 heteroatoms. The molecule has 5 rings (SSSR count). The number of imidazole rings is 1. The van der Waals surface area contributed by atoms with Crippen molar-refractivity contribution < 1.29 is 9.59 Å². The molecular formula is C29H35N5O3. The molecule has 2 aliphatic rings. The highest BCUT2D eigenvalue weighted by molar-refractivity contribution is 5.89. The predicted molar refractivity (Wildman–Crippen MR) is 143 cm³/mol. The van der Waals surface area contributed by atoms with Crippen molar-refractivity contribution in [2.24, 2.45) is 5.92 Å². The summed E-state index contributed by atoms with van der Waals surface area (Å²) in [5, 5.41) is 3.01. The molecule has 0 radical (unpaired) electrons. The van der Waals surface area contributed by atoms with Crippen LogP contribution in [0.5, 0.6) is 0 Å². The highest BCUT2D eigenvalue weighted by Gasteiger charge is 2.41. The average molecular weight is 502 g/mol. The van der Waals surface area contributed by atoms with Crippen molar-refractivity contribution in [3.05, 3.63) is 82.9 Å². The molecule has 0 saturated carbocycles. The molecule has 2 atom stereocenters. The van der Waals surface area contributed by atoms with Crippen LogP contribution in [0.25, 0.3) is 11.3 Å². The highest BCUT2D eigenvalue weighted by Crippen LogP contribution is 2.34. The number of nitrogens with zero attached hydrogens (tertiary/aromatic N) is 3. The van der Waals surface area contributed by atoms with Gasteiger partial charge in [0.1, 0.15) is 6.04 Å². The van der Waals surface area contributed by atoms with Crippen LogP contribution >= 0.6 is 0 Å². The Bertz CT molecular complexity index is 1280. The third-order valence-corrected chi connectivity index (χ3v) is 7.43. The van der Waals surface area contributed by atoms with Gasteiger partial charge in [0.25, 0.3) is 0 Å². The zero-order valence-corrected chi connectivity index (χ0v) is 21.5. The number of hydrogen-bond acceptors (Lipinski definition) is 3. The summed E-state index contributed by atoms with van der Waals surface area (Å²) in [5.41, 5.74) is 2.73. The van der Waals surface area contributed by atoms with E-state index < -0.39 is 6.04 Å². The number of urea groups is 1. The van der Waals surface area contributed by atoms with Crippen molar-refractivity contribution in [1.82, 2.24) is 24.7 Å². The van der Waals surface area contributed by atoms with Gasteiger partial charge in [-0.3, -0.25) is 9.36 Å². The molecule has 2 N–H and O–H groups in total. The number of carbonyl (C=O) groups excluding carboxylic acids is 2. The van der Waals surface area contributed by atoms with E-state index in [2.05, 4.69) is 24.1 Å². The molecule has 3 amide bonds. The molecule has 194 valence electrons. The van der Waals surface area contributed by atoms with Crippen LogP contribution in [0, 0.1) is 5.92 Å². The summed E-state index contributed by atoms with van der Waals surface area (Å²) >= 11 is 0. The number of H-pyrrole nitrogens is 1. The molecule has 2 saturated heterocycles. The van der Waals surface area contributed by atoms with Crippen LogP contribution in [-0.4, -0.2) is 57.0 Å². The second-order valence-electron chi connectivity index (χ2n) is 10.5. The molecule has 2 aliphatic heterocycles. The van der Waals surface area contributed by atoms with Crippen molar-refractivity contribution in [1.29, 1.82) is 0 Å². The van der Waals surface area contributed by atoms with Crippen LogP contribution in [0.15, 0.2) is 71.7 Å². The topological polar surface area (TPSA) is 90.4 Å². The van der Waals surface area contributed by atoms with Crippen LogP contribution in [0.2, 0.25) is 0 Å². The summed E-state index contributed by atoms with van der Waals surface area (Å²) in [6, 6.07) is 19.1. The van der Waals surface area contributed by atoms with Gasteiger partial charge in [-0.2, -0.15) is 0 Å². The van der Waals surface area contributed by atoms with Crippen LogP contribution in [0.1, 0.15) is 50.8 Å². The van der Waals surface area contributed by atoms with E-state index in [1.54, 1.807) is 9.47 Å². The molecule has 0 aliphatic carbocycles. The number of piperidine rings is 1. The summed E-state index contributed by atoms with van der Waals surface area (Å²) in [7, 11) is 0. The number of amides is 3. The minimum Gasteiger partial charge on any atom is -0.334 e. The molecule has 2 aromatic carbocycles. The van der Waals surface area contributed by atoms with Gasteiger partial charge in [0.2, 0.25) is 5.91 Å². The van der Waals surface area contributed by atoms with Gasteiger partial charge in [0, 0.05) is 38.3 Å². The highest BCUT2D eigenvalue weighted by atomic mass is 16.2. The van der Waals surface area contributed by atoms with E-state index >= 15 is 0 Å². The van der Waals surface area contributed by atoms with Crippen LogP contribution in [-0.2, 0) is 4.79 Å². The minimum atomic E-state index is -0.532. The summed E-state index contributed by atoms with van der Waals surface area (Å²) in [6.45, 7) is 5.93. The second kappa shape index (κ2) is 10.7. The Labute approximate surface area is 217 Å². The average Bonchev–Trinajstić information content (AvgIpc) is 3.45. The molecule has 0 unspecified atom stereocenters. The lowest BCUT2D eigenvalue weighted by molar-refractivity contribution is -0.131. The van der Waals surface area contributed by atoms with E-state index in [1.165, 1.54) is 0 Å². The number of benzene rings is 2. The zero-order valence-electron chi connectivity index (χ0n) is 21.5. The zero-order chi connectivity index (χ0) is 25.9. The van der Waals surface area contributed by atoms with Crippen LogP contribution in [0.4, 0.5) is 4.79 Å². The van der Waals surface area contributed by atoms with Crippen molar-refractivity contribution in [3.63, 3.8) is 0 Å². The first-order valence-corrected chi connectivity index (χ1v) is 13.2. The Kier molecular flexibility index (Phi) is 7.17. The van der Waals surface area contributed by atoms with Gasteiger partial charge in [0.05, 0.1) is 11.7 Å². The standard InChI is InChI=1S/C29H35N5O3/c1-20(2)18-34-26(22-11-7-4-8-12-22)17-24(27(34)35)30-28(36)32-15-13-23(14-16-32)33-19-25(31-29(33)37)21-9-5-3-6-10-21/h3-12,19-20,23-24,26H,13-18H2,1-2H3,(H,30,36)(H,31,37)/t24-,26-/m0/s1.